The van der Waals surface area contributed by atoms with Gasteiger partial charge in [0, 0.05) is 5.75 Å². The maximum atomic E-state index is 13.2. The summed E-state index contributed by atoms with van der Waals surface area (Å²) in [6.45, 7) is 7.13. The van der Waals surface area contributed by atoms with Gasteiger partial charge in [0.25, 0.3) is 5.56 Å². The van der Waals surface area contributed by atoms with E-state index >= 15 is 0 Å². The van der Waals surface area contributed by atoms with Crippen molar-refractivity contribution in [1.29, 1.82) is 0 Å². The average molecular weight is 451 g/mol. The van der Waals surface area contributed by atoms with E-state index in [0.29, 0.717) is 11.2 Å². The fourth-order valence-corrected chi connectivity index (χ4v) is 5.07. The van der Waals surface area contributed by atoms with Crippen LogP contribution in [0.5, 0.6) is 5.75 Å². The molecule has 0 aliphatic rings. The first-order chi connectivity index (χ1) is 14.8. The van der Waals surface area contributed by atoms with Crippen LogP contribution in [0.25, 0.3) is 10.2 Å². The number of methoxy groups -OCH3 is 1. The smallest absolute Gasteiger partial charge is 0.272 e. The van der Waals surface area contributed by atoms with Gasteiger partial charge in [-0.15, -0.1) is 11.3 Å². The molecule has 0 atom stereocenters. The standard InChI is InChI=1S/C25H26N2O2S2/c1-25(2,3)19-9-5-18(6-10-19)16-31-24-26-21-13-14-30-22(21)23(28)27(24)15-17-7-11-20(29-4)12-8-17/h5-14H,15-16H2,1-4H3. The highest BCUT2D eigenvalue weighted by Crippen LogP contribution is 2.27. The summed E-state index contributed by atoms with van der Waals surface area (Å²) in [5.41, 5.74) is 4.49. The van der Waals surface area contributed by atoms with Crippen molar-refractivity contribution in [3.05, 3.63) is 87.0 Å². The number of thioether (sulfide) groups is 1. The van der Waals surface area contributed by atoms with Crippen LogP contribution in [0.2, 0.25) is 0 Å². The molecule has 2 aromatic heterocycles. The molecule has 0 bridgehead atoms. The van der Waals surface area contributed by atoms with Crippen molar-refractivity contribution in [3.63, 3.8) is 0 Å². The average Bonchev–Trinajstić information content (AvgIpc) is 3.23. The first-order valence-corrected chi connectivity index (χ1v) is 12.0. The Balaban J connectivity index is 1.62. The fourth-order valence-electron chi connectivity index (χ4n) is 3.34. The van der Waals surface area contributed by atoms with E-state index in [1.807, 2.05) is 35.7 Å². The number of hydrogen-bond acceptors (Lipinski definition) is 5. The quantitative estimate of drug-likeness (QED) is 0.263. The second kappa shape index (κ2) is 8.89. The normalized spacial score (nSPS) is 11.7. The molecule has 4 rings (SSSR count). The molecule has 0 aliphatic heterocycles. The molecular weight excluding hydrogens is 424 g/mol. The predicted octanol–water partition coefficient (Wildman–Crippen LogP) is 6.10. The van der Waals surface area contributed by atoms with Crippen molar-refractivity contribution < 1.29 is 4.74 Å². The Morgan fingerprint density at radius 1 is 1.00 bits per heavy atom. The molecule has 0 fully saturated rings. The Kier molecular flexibility index (Phi) is 6.21. The van der Waals surface area contributed by atoms with Crippen molar-refractivity contribution >= 4 is 33.3 Å². The van der Waals surface area contributed by atoms with E-state index in [1.54, 1.807) is 23.4 Å². The molecule has 0 N–H and O–H groups in total. The highest BCUT2D eigenvalue weighted by atomic mass is 32.2. The lowest BCUT2D eigenvalue weighted by molar-refractivity contribution is 0.414. The Bertz CT molecular complexity index is 1230. The third kappa shape index (κ3) is 4.86. The number of ether oxygens (including phenoxy) is 1. The molecule has 4 aromatic rings. The maximum Gasteiger partial charge on any atom is 0.272 e. The number of nitrogens with zero attached hydrogens (tertiary/aromatic N) is 2. The molecule has 2 aromatic carbocycles. The van der Waals surface area contributed by atoms with Crippen LogP contribution in [0.1, 0.15) is 37.5 Å². The number of hydrogen-bond donors (Lipinski definition) is 0. The highest BCUT2D eigenvalue weighted by molar-refractivity contribution is 7.98. The summed E-state index contributed by atoms with van der Waals surface area (Å²) in [4.78, 5) is 18.0. The van der Waals surface area contributed by atoms with Gasteiger partial charge in [-0.2, -0.15) is 0 Å². The lowest BCUT2D eigenvalue weighted by Gasteiger charge is -2.19. The topological polar surface area (TPSA) is 44.1 Å². The number of benzene rings is 2. The molecule has 6 heteroatoms. The van der Waals surface area contributed by atoms with Crippen molar-refractivity contribution in [1.82, 2.24) is 9.55 Å². The molecule has 0 radical (unpaired) electrons. The SMILES string of the molecule is COc1ccc(Cn2c(SCc3ccc(C(C)(C)C)cc3)nc3ccsc3c2=O)cc1. The molecule has 0 saturated heterocycles. The summed E-state index contributed by atoms with van der Waals surface area (Å²) >= 11 is 3.05. The van der Waals surface area contributed by atoms with Gasteiger partial charge in [-0.25, -0.2) is 4.98 Å². The Hall–Kier alpha value is -2.57. The first-order valence-electron chi connectivity index (χ1n) is 10.2. The van der Waals surface area contributed by atoms with E-state index in [-0.39, 0.29) is 11.0 Å². The molecule has 0 amide bonds. The zero-order valence-electron chi connectivity index (χ0n) is 18.2. The van der Waals surface area contributed by atoms with E-state index in [4.69, 9.17) is 9.72 Å². The third-order valence-corrected chi connectivity index (χ3v) is 7.16. The minimum absolute atomic E-state index is 0.0152. The third-order valence-electron chi connectivity index (χ3n) is 5.22. The predicted molar refractivity (Wildman–Crippen MR) is 131 cm³/mol. The monoisotopic (exact) mass is 450 g/mol. The van der Waals surface area contributed by atoms with E-state index in [1.165, 1.54) is 22.5 Å². The summed E-state index contributed by atoms with van der Waals surface area (Å²) in [6.07, 6.45) is 0. The van der Waals surface area contributed by atoms with Gasteiger partial charge in [-0.1, -0.05) is 68.9 Å². The second-order valence-electron chi connectivity index (χ2n) is 8.50. The molecular formula is C25H26N2O2S2. The summed E-state index contributed by atoms with van der Waals surface area (Å²) in [5.74, 6) is 1.56. The van der Waals surface area contributed by atoms with E-state index in [9.17, 15) is 4.79 Å². The summed E-state index contributed by atoms with van der Waals surface area (Å²) < 4.78 is 7.74. The van der Waals surface area contributed by atoms with Gasteiger partial charge in [-0.3, -0.25) is 9.36 Å². The number of rotatable bonds is 6. The van der Waals surface area contributed by atoms with Crippen molar-refractivity contribution in [2.24, 2.45) is 0 Å². The van der Waals surface area contributed by atoms with Gasteiger partial charge < -0.3 is 4.74 Å². The molecule has 0 unspecified atom stereocenters. The fraction of sp³-hybridized carbons (Fsp3) is 0.280. The number of fused-ring (bicyclic) bond motifs is 1. The van der Waals surface area contributed by atoms with Crippen LogP contribution in [0.3, 0.4) is 0 Å². The second-order valence-corrected chi connectivity index (χ2v) is 10.4. The molecule has 31 heavy (non-hydrogen) atoms. The van der Waals surface area contributed by atoms with Crippen LogP contribution in [0.15, 0.2) is 69.9 Å². The summed E-state index contributed by atoms with van der Waals surface area (Å²) in [5, 5.41) is 2.67. The van der Waals surface area contributed by atoms with E-state index < -0.39 is 0 Å². The zero-order valence-corrected chi connectivity index (χ0v) is 19.8. The Morgan fingerprint density at radius 3 is 2.32 bits per heavy atom. The van der Waals surface area contributed by atoms with Gasteiger partial charge in [0.15, 0.2) is 5.16 Å². The van der Waals surface area contributed by atoms with E-state index in [2.05, 4.69) is 45.0 Å². The van der Waals surface area contributed by atoms with Gasteiger partial charge in [0.2, 0.25) is 0 Å². The minimum Gasteiger partial charge on any atom is -0.497 e. The number of aromatic nitrogens is 2. The molecule has 160 valence electrons. The van der Waals surface area contributed by atoms with Crippen molar-refractivity contribution in [2.75, 3.05) is 7.11 Å². The Morgan fingerprint density at radius 2 is 1.68 bits per heavy atom. The highest BCUT2D eigenvalue weighted by Gasteiger charge is 2.15. The summed E-state index contributed by atoms with van der Waals surface area (Å²) in [6, 6.07) is 18.5. The minimum atomic E-state index is 0.0152. The lowest BCUT2D eigenvalue weighted by Crippen LogP contribution is -2.23. The van der Waals surface area contributed by atoms with Crippen molar-refractivity contribution in [2.45, 2.75) is 43.6 Å². The first kappa shape index (κ1) is 21.7. The Labute approximate surface area is 190 Å². The molecule has 2 heterocycles. The van der Waals surface area contributed by atoms with Gasteiger partial charge in [0.05, 0.1) is 19.2 Å². The van der Waals surface area contributed by atoms with E-state index in [0.717, 1.165) is 27.7 Å². The molecule has 0 saturated carbocycles. The zero-order chi connectivity index (χ0) is 22.0. The van der Waals surface area contributed by atoms with Gasteiger partial charge in [-0.05, 0) is 45.7 Å². The lowest BCUT2D eigenvalue weighted by atomic mass is 9.87. The summed E-state index contributed by atoms with van der Waals surface area (Å²) in [7, 11) is 1.65. The van der Waals surface area contributed by atoms with Crippen molar-refractivity contribution in [3.8, 4) is 5.75 Å². The molecule has 4 nitrogen and oxygen atoms in total. The van der Waals surface area contributed by atoms with Gasteiger partial charge in [0.1, 0.15) is 10.4 Å². The van der Waals surface area contributed by atoms with Gasteiger partial charge >= 0.3 is 0 Å². The number of thiophene rings is 1. The van der Waals surface area contributed by atoms with Crippen LogP contribution < -0.4 is 10.3 Å². The largest absolute Gasteiger partial charge is 0.497 e. The molecule has 0 aliphatic carbocycles. The van der Waals surface area contributed by atoms with Crippen LogP contribution in [-0.2, 0) is 17.7 Å². The van der Waals surface area contributed by atoms with Crippen LogP contribution in [-0.4, -0.2) is 16.7 Å². The molecule has 0 spiro atoms. The van der Waals surface area contributed by atoms with Crippen LogP contribution >= 0.6 is 23.1 Å². The van der Waals surface area contributed by atoms with Crippen LogP contribution in [0, 0.1) is 0 Å². The maximum absolute atomic E-state index is 13.2. The van der Waals surface area contributed by atoms with Crippen LogP contribution in [0.4, 0.5) is 0 Å².